The van der Waals surface area contributed by atoms with Crippen LogP contribution in [-0.4, -0.2) is 43.0 Å². The van der Waals surface area contributed by atoms with Gasteiger partial charge in [-0.25, -0.2) is 0 Å². The van der Waals surface area contributed by atoms with Gasteiger partial charge >= 0.3 is 0 Å². The highest BCUT2D eigenvalue weighted by Crippen LogP contribution is 2.22. The first-order valence-electron chi connectivity index (χ1n) is 8.57. The van der Waals surface area contributed by atoms with E-state index in [1.807, 2.05) is 29.2 Å². The van der Waals surface area contributed by atoms with Gasteiger partial charge in [-0.05, 0) is 43.2 Å². The molecule has 3 rings (SSSR count). The minimum absolute atomic E-state index is 0.0285. The van der Waals surface area contributed by atoms with Crippen LogP contribution in [0.15, 0.2) is 53.0 Å². The van der Waals surface area contributed by atoms with Gasteiger partial charge in [0.25, 0.3) is 11.8 Å². The van der Waals surface area contributed by atoms with Crippen LogP contribution in [0.4, 0.5) is 0 Å². The van der Waals surface area contributed by atoms with Crippen molar-refractivity contribution in [3.8, 4) is 5.75 Å². The maximum atomic E-state index is 12.7. The maximum absolute atomic E-state index is 12.7. The second-order valence-corrected chi connectivity index (χ2v) is 7.17. The zero-order chi connectivity index (χ0) is 18.5. The Morgan fingerprint density at radius 1 is 1.12 bits per heavy atom. The Morgan fingerprint density at radius 2 is 1.85 bits per heavy atom. The van der Waals surface area contributed by atoms with Crippen LogP contribution in [0, 0.1) is 0 Å². The zero-order valence-electron chi connectivity index (χ0n) is 14.6. The molecule has 2 amide bonds. The van der Waals surface area contributed by atoms with E-state index >= 15 is 0 Å². The van der Waals surface area contributed by atoms with Crippen LogP contribution >= 0.6 is 15.9 Å². The molecule has 2 aromatic rings. The second kappa shape index (κ2) is 8.36. The topological polar surface area (TPSA) is 58.6 Å². The van der Waals surface area contributed by atoms with Gasteiger partial charge in [0.15, 0.2) is 0 Å². The van der Waals surface area contributed by atoms with E-state index in [4.69, 9.17) is 4.74 Å². The number of likely N-dealkylation sites (tertiary alicyclic amines) is 1. The largest absolute Gasteiger partial charge is 0.496 e. The fraction of sp³-hybridized carbons (Fsp3) is 0.300. The monoisotopic (exact) mass is 416 g/mol. The van der Waals surface area contributed by atoms with Crippen molar-refractivity contribution in [2.45, 2.75) is 18.9 Å². The van der Waals surface area contributed by atoms with Gasteiger partial charge in [0.2, 0.25) is 0 Å². The number of nitrogens with one attached hydrogen (secondary N) is 1. The molecule has 1 N–H and O–H groups in total. The van der Waals surface area contributed by atoms with Gasteiger partial charge in [-0.15, -0.1) is 0 Å². The van der Waals surface area contributed by atoms with Gasteiger partial charge in [-0.3, -0.25) is 9.59 Å². The molecule has 0 spiro atoms. The number of carbonyl (C=O) groups is 2. The number of hydrogen-bond acceptors (Lipinski definition) is 3. The summed E-state index contributed by atoms with van der Waals surface area (Å²) in [7, 11) is 1.57. The molecule has 0 aromatic heterocycles. The smallest absolute Gasteiger partial charge is 0.257 e. The van der Waals surface area contributed by atoms with Crippen LogP contribution in [-0.2, 0) is 0 Å². The quantitative estimate of drug-likeness (QED) is 0.829. The molecule has 6 heteroatoms. The van der Waals surface area contributed by atoms with E-state index in [2.05, 4.69) is 21.2 Å². The van der Waals surface area contributed by atoms with Crippen LogP contribution in [0.5, 0.6) is 5.75 Å². The predicted octanol–water partition coefficient (Wildman–Crippen LogP) is 3.49. The first-order valence-corrected chi connectivity index (χ1v) is 9.36. The summed E-state index contributed by atoms with van der Waals surface area (Å²) in [5.41, 5.74) is 1.21. The summed E-state index contributed by atoms with van der Waals surface area (Å²) < 4.78 is 6.16. The SMILES string of the molecule is COc1ccccc1C(=O)N1CCC(NC(=O)c2cccc(Br)c2)CC1. The Labute approximate surface area is 161 Å². The Balaban J connectivity index is 1.57. The van der Waals surface area contributed by atoms with Crippen molar-refractivity contribution in [2.24, 2.45) is 0 Å². The lowest BCUT2D eigenvalue weighted by atomic mass is 10.0. The molecular weight excluding hydrogens is 396 g/mol. The predicted molar refractivity (Wildman–Crippen MR) is 104 cm³/mol. The number of nitrogens with zero attached hydrogens (tertiary/aromatic N) is 1. The Morgan fingerprint density at radius 3 is 2.54 bits per heavy atom. The summed E-state index contributed by atoms with van der Waals surface area (Å²) in [5.74, 6) is 0.475. The average molecular weight is 417 g/mol. The summed E-state index contributed by atoms with van der Waals surface area (Å²) in [4.78, 5) is 26.9. The minimum atomic E-state index is -0.0826. The van der Waals surface area contributed by atoms with Crippen molar-refractivity contribution in [2.75, 3.05) is 20.2 Å². The van der Waals surface area contributed by atoms with Crippen LogP contribution in [0.25, 0.3) is 0 Å². The third-order valence-electron chi connectivity index (χ3n) is 4.54. The molecule has 1 aliphatic heterocycles. The summed E-state index contributed by atoms with van der Waals surface area (Å²) in [6.45, 7) is 1.22. The van der Waals surface area contributed by atoms with Crippen LogP contribution in [0.2, 0.25) is 0 Å². The van der Waals surface area contributed by atoms with Crippen molar-refractivity contribution in [3.63, 3.8) is 0 Å². The minimum Gasteiger partial charge on any atom is -0.496 e. The summed E-state index contributed by atoms with van der Waals surface area (Å²) >= 11 is 3.38. The fourth-order valence-corrected chi connectivity index (χ4v) is 3.52. The van der Waals surface area contributed by atoms with Crippen LogP contribution in [0.1, 0.15) is 33.6 Å². The van der Waals surface area contributed by atoms with E-state index < -0.39 is 0 Å². The third kappa shape index (κ3) is 4.25. The van der Waals surface area contributed by atoms with Gasteiger partial charge in [0.05, 0.1) is 12.7 Å². The lowest BCUT2D eigenvalue weighted by Gasteiger charge is -2.32. The highest BCUT2D eigenvalue weighted by atomic mass is 79.9. The van der Waals surface area contributed by atoms with E-state index in [9.17, 15) is 9.59 Å². The molecule has 0 bridgehead atoms. The lowest BCUT2D eigenvalue weighted by molar-refractivity contribution is 0.0695. The molecule has 0 unspecified atom stereocenters. The second-order valence-electron chi connectivity index (χ2n) is 6.25. The van der Waals surface area contributed by atoms with E-state index in [1.54, 1.807) is 31.4 Å². The molecular formula is C20H21BrN2O3. The molecule has 26 heavy (non-hydrogen) atoms. The number of amides is 2. The maximum Gasteiger partial charge on any atom is 0.257 e. The van der Waals surface area contributed by atoms with E-state index in [-0.39, 0.29) is 17.9 Å². The number of ether oxygens (including phenoxy) is 1. The Bertz CT molecular complexity index is 801. The van der Waals surface area contributed by atoms with Crippen LogP contribution < -0.4 is 10.1 Å². The van der Waals surface area contributed by atoms with Gasteiger partial charge in [0, 0.05) is 29.2 Å². The van der Waals surface area contributed by atoms with E-state index in [1.165, 1.54) is 0 Å². The number of hydrogen-bond donors (Lipinski definition) is 1. The number of halogens is 1. The highest BCUT2D eigenvalue weighted by molar-refractivity contribution is 9.10. The number of piperidine rings is 1. The molecule has 1 aliphatic rings. The molecule has 0 atom stereocenters. The van der Waals surface area contributed by atoms with Crippen molar-refractivity contribution in [3.05, 3.63) is 64.1 Å². The van der Waals surface area contributed by atoms with Gasteiger partial charge in [0.1, 0.15) is 5.75 Å². The fourth-order valence-electron chi connectivity index (χ4n) is 3.12. The number of rotatable bonds is 4. The Kier molecular flexibility index (Phi) is 5.93. The van der Waals surface area contributed by atoms with Crippen molar-refractivity contribution < 1.29 is 14.3 Å². The van der Waals surface area contributed by atoms with E-state index in [0.717, 1.165) is 17.3 Å². The third-order valence-corrected chi connectivity index (χ3v) is 5.03. The molecule has 0 aliphatic carbocycles. The number of benzene rings is 2. The van der Waals surface area contributed by atoms with Crippen LogP contribution in [0.3, 0.4) is 0 Å². The van der Waals surface area contributed by atoms with E-state index in [0.29, 0.717) is 30.0 Å². The average Bonchev–Trinajstić information content (AvgIpc) is 2.68. The van der Waals surface area contributed by atoms with Gasteiger partial charge in [-0.1, -0.05) is 34.1 Å². The van der Waals surface area contributed by atoms with Gasteiger partial charge < -0.3 is 15.0 Å². The molecule has 2 aromatic carbocycles. The summed E-state index contributed by atoms with van der Waals surface area (Å²) in [6.07, 6.45) is 1.47. The first-order chi connectivity index (χ1) is 12.6. The first kappa shape index (κ1) is 18.5. The zero-order valence-corrected chi connectivity index (χ0v) is 16.2. The molecule has 1 saturated heterocycles. The number of para-hydroxylation sites is 1. The number of methoxy groups -OCH3 is 1. The Hall–Kier alpha value is -2.34. The summed E-state index contributed by atoms with van der Waals surface area (Å²) in [6, 6.07) is 14.6. The summed E-state index contributed by atoms with van der Waals surface area (Å²) in [5, 5.41) is 3.06. The highest BCUT2D eigenvalue weighted by Gasteiger charge is 2.26. The van der Waals surface area contributed by atoms with Crippen molar-refractivity contribution in [1.82, 2.24) is 10.2 Å². The van der Waals surface area contributed by atoms with Gasteiger partial charge in [-0.2, -0.15) is 0 Å². The molecule has 1 heterocycles. The molecule has 5 nitrogen and oxygen atoms in total. The normalized spacial score (nSPS) is 14.8. The van der Waals surface area contributed by atoms with Crippen molar-refractivity contribution >= 4 is 27.7 Å². The lowest BCUT2D eigenvalue weighted by Crippen LogP contribution is -2.46. The molecule has 0 saturated carbocycles. The molecule has 0 radical (unpaired) electrons. The van der Waals surface area contributed by atoms with Crippen molar-refractivity contribution in [1.29, 1.82) is 0 Å². The number of carbonyl (C=O) groups excluding carboxylic acids is 2. The molecule has 1 fully saturated rings. The standard InChI is InChI=1S/C20H21BrN2O3/c1-26-18-8-3-2-7-17(18)20(25)23-11-9-16(10-12-23)22-19(24)14-5-4-6-15(21)13-14/h2-8,13,16H,9-12H2,1H3,(H,22,24). The molecule has 136 valence electrons.